The Bertz CT molecular complexity index is 813. The molecule has 3 aromatic rings. The van der Waals surface area contributed by atoms with Crippen molar-refractivity contribution >= 4 is 11.0 Å². The number of furan rings is 1. The van der Waals surface area contributed by atoms with Gasteiger partial charge in [-0.1, -0.05) is 30.3 Å². The van der Waals surface area contributed by atoms with Crippen molar-refractivity contribution in [2.75, 3.05) is 33.9 Å². The van der Waals surface area contributed by atoms with Gasteiger partial charge >= 0.3 is 0 Å². The first-order valence-corrected chi connectivity index (χ1v) is 8.72. The largest absolute Gasteiger partial charge is 0.489 e. The van der Waals surface area contributed by atoms with Gasteiger partial charge in [0.15, 0.2) is 0 Å². The number of likely N-dealkylation sites (N-methyl/N-ethyl adjacent to an activating group) is 1. The fourth-order valence-corrected chi connectivity index (χ4v) is 2.55. The van der Waals surface area contributed by atoms with Crippen LogP contribution in [0.5, 0.6) is 5.75 Å². The van der Waals surface area contributed by atoms with Crippen molar-refractivity contribution < 1.29 is 19.0 Å². The minimum absolute atomic E-state index is 0.213. The predicted molar refractivity (Wildman–Crippen MR) is 101 cm³/mol. The number of aliphatic hydroxyl groups excluding tert-OH is 1. The fraction of sp³-hybridized carbons (Fsp3) is 0.333. The molecule has 26 heavy (non-hydrogen) atoms. The molecule has 0 amide bonds. The SMILES string of the molecule is CN(C)CCOCC(O)c1cc2ccc(OCc3ccccc3)cc2o1. The van der Waals surface area contributed by atoms with Crippen molar-refractivity contribution in [3.05, 3.63) is 65.9 Å². The van der Waals surface area contributed by atoms with E-state index in [2.05, 4.69) is 0 Å². The zero-order valence-corrected chi connectivity index (χ0v) is 15.2. The van der Waals surface area contributed by atoms with Gasteiger partial charge in [-0.05, 0) is 37.9 Å². The summed E-state index contributed by atoms with van der Waals surface area (Å²) in [6.07, 6.45) is -0.779. The Morgan fingerprint density at radius 1 is 1.08 bits per heavy atom. The first kappa shape index (κ1) is 18.5. The van der Waals surface area contributed by atoms with E-state index >= 15 is 0 Å². The molecule has 0 radical (unpaired) electrons. The van der Waals surface area contributed by atoms with Gasteiger partial charge in [0.1, 0.15) is 29.8 Å². The Morgan fingerprint density at radius 2 is 1.88 bits per heavy atom. The van der Waals surface area contributed by atoms with Gasteiger partial charge in [0.05, 0.1) is 13.2 Å². The lowest BCUT2D eigenvalue weighted by atomic mass is 10.2. The second-order valence-corrected chi connectivity index (χ2v) is 6.52. The van der Waals surface area contributed by atoms with Crippen molar-refractivity contribution in [3.63, 3.8) is 0 Å². The highest BCUT2D eigenvalue weighted by Crippen LogP contribution is 2.28. The van der Waals surface area contributed by atoms with Gasteiger partial charge < -0.3 is 23.9 Å². The molecule has 138 valence electrons. The summed E-state index contributed by atoms with van der Waals surface area (Å²) in [5.41, 5.74) is 1.80. The summed E-state index contributed by atoms with van der Waals surface area (Å²) in [5.74, 6) is 1.24. The minimum atomic E-state index is -0.779. The second-order valence-electron chi connectivity index (χ2n) is 6.52. The molecular weight excluding hydrogens is 330 g/mol. The Kier molecular flexibility index (Phi) is 6.28. The molecule has 5 nitrogen and oxygen atoms in total. The summed E-state index contributed by atoms with van der Waals surface area (Å²) < 4.78 is 17.1. The molecule has 0 aliphatic heterocycles. The number of aliphatic hydroxyl groups is 1. The molecular formula is C21H25NO4. The summed E-state index contributed by atoms with van der Waals surface area (Å²) in [5, 5.41) is 11.2. The number of fused-ring (bicyclic) bond motifs is 1. The molecule has 0 spiro atoms. The number of ether oxygens (including phenoxy) is 2. The van der Waals surface area contributed by atoms with Crippen LogP contribution in [0.25, 0.3) is 11.0 Å². The Labute approximate surface area is 153 Å². The zero-order chi connectivity index (χ0) is 18.4. The Hall–Kier alpha value is -2.34. The maximum Gasteiger partial charge on any atom is 0.138 e. The van der Waals surface area contributed by atoms with E-state index in [9.17, 15) is 5.11 Å². The third-order valence-electron chi connectivity index (χ3n) is 4.05. The van der Waals surface area contributed by atoms with Gasteiger partial charge in [0.25, 0.3) is 0 Å². The normalized spacial score (nSPS) is 12.6. The molecule has 1 atom stereocenters. The van der Waals surface area contributed by atoms with E-state index in [1.54, 1.807) is 0 Å². The molecule has 0 bridgehead atoms. The Morgan fingerprint density at radius 3 is 2.65 bits per heavy atom. The van der Waals surface area contributed by atoms with Gasteiger partial charge in [0.2, 0.25) is 0 Å². The summed E-state index contributed by atoms with van der Waals surface area (Å²) in [7, 11) is 3.97. The third-order valence-corrected chi connectivity index (χ3v) is 4.05. The topological polar surface area (TPSA) is 55.1 Å². The predicted octanol–water partition coefficient (Wildman–Crippen LogP) is 3.62. The van der Waals surface area contributed by atoms with Crippen molar-refractivity contribution in [3.8, 4) is 5.75 Å². The minimum Gasteiger partial charge on any atom is -0.489 e. The van der Waals surface area contributed by atoms with E-state index in [0.29, 0.717) is 24.6 Å². The average Bonchev–Trinajstić information content (AvgIpc) is 3.07. The lowest BCUT2D eigenvalue weighted by molar-refractivity contribution is 0.0211. The maximum absolute atomic E-state index is 10.2. The van der Waals surface area contributed by atoms with Crippen molar-refractivity contribution in [1.82, 2.24) is 4.90 Å². The number of hydrogen-bond donors (Lipinski definition) is 1. The molecule has 2 aromatic carbocycles. The van der Waals surface area contributed by atoms with Crippen LogP contribution in [0, 0.1) is 0 Å². The molecule has 0 saturated carbocycles. The van der Waals surface area contributed by atoms with Crippen LogP contribution in [0.4, 0.5) is 0 Å². The van der Waals surface area contributed by atoms with Crippen LogP contribution in [-0.4, -0.2) is 43.9 Å². The van der Waals surface area contributed by atoms with Crippen LogP contribution in [0.1, 0.15) is 17.4 Å². The first-order chi connectivity index (χ1) is 12.6. The van der Waals surface area contributed by atoms with Crippen LogP contribution in [-0.2, 0) is 11.3 Å². The highest BCUT2D eigenvalue weighted by atomic mass is 16.5. The number of rotatable bonds is 9. The standard InChI is InChI=1S/C21H25NO4/c1-22(2)10-11-24-15-19(23)21-12-17-8-9-18(13-20(17)26-21)25-14-16-6-4-3-5-7-16/h3-9,12-13,19,23H,10-11,14-15H2,1-2H3. The van der Waals surface area contributed by atoms with Gasteiger partial charge in [-0.15, -0.1) is 0 Å². The monoisotopic (exact) mass is 355 g/mol. The number of nitrogens with zero attached hydrogens (tertiary/aromatic N) is 1. The number of hydrogen-bond acceptors (Lipinski definition) is 5. The molecule has 0 fully saturated rings. The second kappa shape index (κ2) is 8.85. The first-order valence-electron chi connectivity index (χ1n) is 8.72. The molecule has 5 heteroatoms. The molecule has 0 aliphatic rings. The van der Waals surface area contributed by atoms with Gasteiger partial charge in [-0.3, -0.25) is 0 Å². The zero-order valence-electron chi connectivity index (χ0n) is 15.2. The van der Waals surface area contributed by atoms with Crippen molar-refractivity contribution in [2.45, 2.75) is 12.7 Å². The molecule has 1 aromatic heterocycles. The summed E-state index contributed by atoms with van der Waals surface area (Å²) >= 11 is 0. The van der Waals surface area contributed by atoms with E-state index in [1.807, 2.05) is 73.6 Å². The average molecular weight is 355 g/mol. The quantitative estimate of drug-likeness (QED) is 0.594. The number of benzene rings is 2. The highest BCUT2D eigenvalue weighted by Gasteiger charge is 2.14. The smallest absolute Gasteiger partial charge is 0.138 e. The van der Waals surface area contributed by atoms with E-state index in [4.69, 9.17) is 13.9 Å². The third kappa shape index (κ3) is 5.08. The van der Waals surface area contributed by atoms with Crippen LogP contribution >= 0.6 is 0 Å². The van der Waals surface area contributed by atoms with E-state index in [0.717, 1.165) is 23.2 Å². The highest BCUT2D eigenvalue weighted by molar-refractivity contribution is 5.79. The van der Waals surface area contributed by atoms with E-state index < -0.39 is 6.10 Å². The molecule has 1 unspecified atom stereocenters. The summed E-state index contributed by atoms with van der Waals surface area (Å²) in [6.45, 7) is 2.10. The summed E-state index contributed by atoms with van der Waals surface area (Å²) in [4.78, 5) is 2.03. The van der Waals surface area contributed by atoms with Crippen molar-refractivity contribution in [1.29, 1.82) is 0 Å². The van der Waals surface area contributed by atoms with Crippen LogP contribution in [0.3, 0.4) is 0 Å². The summed E-state index contributed by atoms with van der Waals surface area (Å²) in [6, 6.07) is 17.5. The van der Waals surface area contributed by atoms with Crippen LogP contribution in [0.15, 0.2) is 59.0 Å². The maximum atomic E-state index is 10.2. The lowest BCUT2D eigenvalue weighted by Crippen LogP contribution is -2.19. The van der Waals surface area contributed by atoms with Gasteiger partial charge in [0, 0.05) is 18.0 Å². The Balaban J connectivity index is 1.59. The molecule has 0 saturated heterocycles. The van der Waals surface area contributed by atoms with E-state index in [-0.39, 0.29) is 6.61 Å². The molecule has 1 heterocycles. The lowest BCUT2D eigenvalue weighted by Gasteiger charge is -2.11. The molecule has 1 N–H and O–H groups in total. The van der Waals surface area contributed by atoms with Crippen molar-refractivity contribution in [2.24, 2.45) is 0 Å². The van der Waals surface area contributed by atoms with Crippen LogP contribution in [0.2, 0.25) is 0 Å². The van der Waals surface area contributed by atoms with Gasteiger partial charge in [-0.25, -0.2) is 0 Å². The molecule has 3 rings (SSSR count). The van der Waals surface area contributed by atoms with E-state index in [1.165, 1.54) is 0 Å². The van der Waals surface area contributed by atoms with Gasteiger partial charge in [-0.2, -0.15) is 0 Å². The molecule has 0 aliphatic carbocycles. The fourth-order valence-electron chi connectivity index (χ4n) is 2.55. The van der Waals surface area contributed by atoms with Crippen LogP contribution < -0.4 is 4.74 Å².